The second kappa shape index (κ2) is 6.68. The van der Waals surface area contributed by atoms with Crippen LogP contribution in [0.2, 0.25) is 0 Å². The van der Waals surface area contributed by atoms with Crippen LogP contribution < -0.4 is 0 Å². The first-order valence-corrected chi connectivity index (χ1v) is 5.62. The fourth-order valence-electron chi connectivity index (χ4n) is 1.47. The highest BCUT2D eigenvalue weighted by molar-refractivity contribution is 5.98. The fraction of sp³-hybridized carbons (Fsp3) is 0.385. The second-order valence-corrected chi connectivity index (χ2v) is 3.60. The molecule has 0 atom stereocenters. The Morgan fingerprint density at radius 3 is 2.59 bits per heavy atom. The van der Waals surface area contributed by atoms with Crippen molar-refractivity contribution in [3.8, 4) is 5.75 Å². The molecule has 0 aliphatic carbocycles. The molecule has 17 heavy (non-hydrogen) atoms. The van der Waals surface area contributed by atoms with E-state index in [-0.39, 0.29) is 30.3 Å². The lowest BCUT2D eigenvalue weighted by Gasteiger charge is -2.03. The first-order chi connectivity index (χ1) is 8.15. The Morgan fingerprint density at radius 1 is 1.24 bits per heavy atom. The van der Waals surface area contributed by atoms with Crippen molar-refractivity contribution in [1.29, 1.82) is 0 Å². The maximum atomic E-state index is 11.7. The lowest BCUT2D eigenvalue weighted by atomic mass is 10.0. The quantitative estimate of drug-likeness (QED) is 0.608. The van der Waals surface area contributed by atoms with Gasteiger partial charge >= 0.3 is 5.97 Å². The minimum atomic E-state index is -0.294. The molecule has 1 N–H and O–H groups in total. The van der Waals surface area contributed by atoms with E-state index in [1.807, 2.05) is 0 Å². The summed E-state index contributed by atoms with van der Waals surface area (Å²) in [4.78, 5) is 22.7. The van der Waals surface area contributed by atoms with Crippen LogP contribution in [0.3, 0.4) is 0 Å². The zero-order chi connectivity index (χ0) is 12.7. The standard InChI is InChI=1S/C13H16O4/c1-2-17-13(16)9-5-8-12(15)10-6-3-4-7-11(10)14/h3-4,6-7,14H,2,5,8-9H2,1H3. The highest BCUT2D eigenvalue weighted by Crippen LogP contribution is 2.18. The topological polar surface area (TPSA) is 63.6 Å². The van der Waals surface area contributed by atoms with Crippen LogP contribution in [0.15, 0.2) is 24.3 Å². The Balaban J connectivity index is 2.41. The van der Waals surface area contributed by atoms with Crippen LogP contribution in [0.25, 0.3) is 0 Å². The summed E-state index contributed by atoms with van der Waals surface area (Å²) in [5.74, 6) is -0.474. The summed E-state index contributed by atoms with van der Waals surface area (Å²) < 4.78 is 4.75. The number of benzene rings is 1. The van der Waals surface area contributed by atoms with Crippen LogP contribution in [-0.2, 0) is 9.53 Å². The van der Waals surface area contributed by atoms with Gasteiger partial charge in [-0.1, -0.05) is 12.1 Å². The number of phenols is 1. The van der Waals surface area contributed by atoms with Crippen molar-refractivity contribution in [1.82, 2.24) is 0 Å². The molecule has 0 amide bonds. The van der Waals surface area contributed by atoms with Crippen molar-refractivity contribution in [2.24, 2.45) is 0 Å². The van der Waals surface area contributed by atoms with E-state index in [2.05, 4.69) is 0 Å². The average molecular weight is 236 g/mol. The third-order valence-electron chi connectivity index (χ3n) is 2.29. The molecule has 0 radical (unpaired) electrons. The molecule has 0 aliphatic rings. The molecular weight excluding hydrogens is 220 g/mol. The number of rotatable bonds is 6. The summed E-state index contributed by atoms with van der Waals surface area (Å²) >= 11 is 0. The Bertz CT molecular complexity index is 398. The molecule has 0 aliphatic heterocycles. The summed E-state index contributed by atoms with van der Waals surface area (Å²) in [7, 11) is 0. The molecule has 0 fully saturated rings. The molecule has 0 saturated carbocycles. The molecule has 92 valence electrons. The van der Waals surface area contributed by atoms with Crippen molar-refractivity contribution < 1.29 is 19.4 Å². The van der Waals surface area contributed by atoms with Gasteiger partial charge in [0.15, 0.2) is 5.78 Å². The van der Waals surface area contributed by atoms with E-state index >= 15 is 0 Å². The maximum absolute atomic E-state index is 11.7. The molecule has 0 heterocycles. The number of hydrogen-bond donors (Lipinski definition) is 1. The van der Waals surface area contributed by atoms with Crippen LogP contribution in [0.1, 0.15) is 36.5 Å². The van der Waals surface area contributed by atoms with Gasteiger partial charge in [0, 0.05) is 12.8 Å². The number of aromatic hydroxyl groups is 1. The predicted molar refractivity (Wildman–Crippen MR) is 62.9 cm³/mol. The van der Waals surface area contributed by atoms with E-state index in [1.165, 1.54) is 6.07 Å². The monoisotopic (exact) mass is 236 g/mol. The average Bonchev–Trinajstić information content (AvgIpc) is 2.29. The fourth-order valence-corrected chi connectivity index (χ4v) is 1.47. The number of para-hydroxylation sites is 1. The molecule has 1 aromatic carbocycles. The molecule has 0 aromatic heterocycles. The van der Waals surface area contributed by atoms with E-state index in [0.717, 1.165) is 0 Å². The Kier molecular flexibility index (Phi) is 5.20. The molecule has 4 nitrogen and oxygen atoms in total. The maximum Gasteiger partial charge on any atom is 0.305 e. The summed E-state index contributed by atoms with van der Waals surface area (Å²) in [5, 5.41) is 9.46. The minimum Gasteiger partial charge on any atom is -0.507 e. The molecule has 0 saturated heterocycles. The molecule has 1 rings (SSSR count). The number of ether oxygens (including phenoxy) is 1. The van der Waals surface area contributed by atoms with Crippen LogP contribution in [-0.4, -0.2) is 23.5 Å². The lowest BCUT2D eigenvalue weighted by Crippen LogP contribution is -2.05. The summed E-state index contributed by atoms with van der Waals surface area (Å²) in [6.07, 6.45) is 0.898. The van der Waals surface area contributed by atoms with E-state index < -0.39 is 0 Å². The van der Waals surface area contributed by atoms with Gasteiger partial charge in [0.2, 0.25) is 0 Å². The van der Waals surface area contributed by atoms with E-state index in [0.29, 0.717) is 18.6 Å². The number of ketones is 1. The van der Waals surface area contributed by atoms with Crippen LogP contribution in [0.5, 0.6) is 5.75 Å². The van der Waals surface area contributed by atoms with Crippen molar-refractivity contribution in [2.75, 3.05) is 6.61 Å². The third kappa shape index (κ3) is 4.26. The first kappa shape index (κ1) is 13.2. The number of phenolic OH excluding ortho intramolecular Hbond substituents is 1. The van der Waals surface area contributed by atoms with Crippen LogP contribution in [0, 0.1) is 0 Å². The molecule has 0 bridgehead atoms. The number of Topliss-reactive ketones (excluding diaryl/α,β-unsaturated/α-hetero) is 1. The molecular formula is C13H16O4. The minimum absolute atomic E-state index is 0.0198. The van der Waals surface area contributed by atoms with Crippen molar-refractivity contribution in [3.63, 3.8) is 0 Å². The summed E-state index contributed by atoms with van der Waals surface area (Å²) in [6.45, 7) is 2.09. The van der Waals surface area contributed by atoms with Crippen LogP contribution >= 0.6 is 0 Å². The van der Waals surface area contributed by atoms with Gasteiger partial charge in [0.25, 0.3) is 0 Å². The van der Waals surface area contributed by atoms with Gasteiger partial charge in [-0.3, -0.25) is 9.59 Å². The zero-order valence-electron chi connectivity index (χ0n) is 9.81. The van der Waals surface area contributed by atoms with Crippen molar-refractivity contribution in [3.05, 3.63) is 29.8 Å². The van der Waals surface area contributed by atoms with Gasteiger partial charge < -0.3 is 9.84 Å². The number of hydrogen-bond acceptors (Lipinski definition) is 4. The van der Waals surface area contributed by atoms with Gasteiger partial charge in [-0.15, -0.1) is 0 Å². The second-order valence-electron chi connectivity index (χ2n) is 3.60. The molecule has 1 aromatic rings. The molecule has 0 unspecified atom stereocenters. The summed E-state index contributed by atoms with van der Waals surface area (Å²) in [5.41, 5.74) is 0.302. The molecule has 0 spiro atoms. The highest BCUT2D eigenvalue weighted by Gasteiger charge is 2.11. The number of esters is 1. The highest BCUT2D eigenvalue weighted by atomic mass is 16.5. The van der Waals surface area contributed by atoms with E-state index in [9.17, 15) is 14.7 Å². The zero-order valence-corrected chi connectivity index (χ0v) is 9.81. The largest absolute Gasteiger partial charge is 0.507 e. The SMILES string of the molecule is CCOC(=O)CCCC(=O)c1ccccc1O. The first-order valence-electron chi connectivity index (χ1n) is 5.62. The van der Waals surface area contributed by atoms with Gasteiger partial charge in [0.05, 0.1) is 12.2 Å². The van der Waals surface area contributed by atoms with Gasteiger partial charge in [-0.05, 0) is 25.5 Å². The van der Waals surface area contributed by atoms with E-state index in [4.69, 9.17) is 4.74 Å². The van der Waals surface area contributed by atoms with E-state index in [1.54, 1.807) is 25.1 Å². The third-order valence-corrected chi connectivity index (χ3v) is 2.29. The Hall–Kier alpha value is -1.84. The number of carbonyl (C=O) groups excluding carboxylic acids is 2. The normalized spacial score (nSPS) is 9.94. The Morgan fingerprint density at radius 2 is 1.94 bits per heavy atom. The Labute approximate surface area is 100 Å². The lowest BCUT2D eigenvalue weighted by molar-refractivity contribution is -0.143. The predicted octanol–water partition coefficient (Wildman–Crippen LogP) is 2.31. The van der Waals surface area contributed by atoms with Crippen LogP contribution in [0.4, 0.5) is 0 Å². The van der Waals surface area contributed by atoms with Crippen molar-refractivity contribution >= 4 is 11.8 Å². The van der Waals surface area contributed by atoms with Gasteiger partial charge in [0.1, 0.15) is 5.75 Å². The van der Waals surface area contributed by atoms with Gasteiger partial charge in [-0.25, -0.2) is 0 Å². The summed E-state index contributed by atoms with van der Waals surface area (Å²) in [6, 6.07) is 6.39. The van der Waals surface area contributed by atoms with Crippen molar-refractivity contribution in [2.45, 2.75) is 26.2 Å². The van der Waals surface area contributed by atoms with Gasteiger partial charge in [-0.2, -0.15) is 0 Å². The smallest absolute Gasteiger partial charge is 0.305 e. The molecule has 4 heteroatoms. The number of carbonyl (C=O) groups is 2.